The summed E-state index contributed by atoms with van der Waals surface area (Å²) in [5.74, 6) is -1.08. The van der Waals surface area contributed by atoms with E-state index in [0.29, 0.717) is 17.3 Å². The number of ether oxygens (including phenoxy) is 1. The van der Waals surface area contributed by atoms with Crippen LogP contribution in [0.3, 0.4) is 0 Å². The minimum atomic E-state index is -0.608. The highest BCUT2D eigenvalue weighted by Crippen LogP contribution is 2.40. The fraction of sp³-hybridized carbons (Fsp3) is 0.304. The van der Waals surface area contributed by atoms with Gasteiger partial charge in [-0.05, 0) is 64.6 Å². The number of imidazole rings is 1. The van der Waals surface area contributed by atoms with E-state index in [4.69, 9.17) is 4.74 Å². The Morgan fingerprint density at radius 2 is 2.05 bits per heavy atom. The molecule has 1 aliphatic rings. The molecule has 0 bridgehead atoms. The van der Waals surface area contributed by atoms with E-state index >= 15 is 4.39 Å². The van der Waals surface area contributed by atoms with Gasteiger partial charge in [0, 0.05) is 24.4 Å². The average Bonchev–Trinajstić information content (AvgIpc) is 3.25. The molecular formula is C23H20F2N10O2. The number of hydrogen-bond donors (Lipinski definition) is 0. The zero-order valence-corrected chi connectivity index (χ0v) is 19.6. The normalized spacial score (nSPS) is 13.4. The second kappa shape index (κ2) is 9.11. The summed E-state index contributed by atoms with van der Waals surface area (Å²) in [7, 11) is 1.36. The van der Waals surface area contributed by atoms with Crippen LogP contribution in [0.5, 0.6) is 5.75 Å². The summed E-state index contributed by atoms with van der Waals surface area (Å²) in [6.07, 6.45) is 7.00. The summed E-state index contributed by atoms with van der Waals surface area (Å²) in [6.45, 7) is 0.105. The first-order valence-electron chi connectivity index (χ1n) is 11.6. The van der Waals surface area contributed by atoms with Gasteiger partial charge >= 0.3 is 0 Å². The minimum absolute atomic E-state index is 0.0284. The van der Waals surface area contributed by atoms with Gasteiger partial charge in [0.15, 0.2) is 23.0 Å². The van der Waals surface area contributed by atoms with Gasteiger partial charge in [0.2, 0.25) is 11.6 Å². The number of rotatable bonds is 9. The highest BCUT2D eigenvalue weighted by molar-refractivity contribution is 5.92. The van der Waals surface area contributed by atoms with Crippen molar-refractivity contribution in [3.63, 3.8) is 0 Å². The Balaban J connectivity index is 1.17. The Hall–Kier alpha value is -4.62. The second-order valence-electron chi connectivity index (χ2n) is 8.76. The monoisotopic (exact) mass is 506 g/mol. The summed E-state index contributed by atoms with van der Waals surface area (Å²) in [6, 6.07) is 4.60. The van der Waals surface area contributed by atoms with Crippen LogP contribution in [0.15, 0.2) is 36.9 Å². The van der Waals surface area contributed by atoms with Crippen LogP contribution in [0.4, 0.5) is 8.78 Å². The van der Waals surface area contributed by atoms with E-state index in [-0.39, 0.29) is 48.0 Å². The number of carbonyl (C=O) groups is 1. The first-order chi connectivity index (χ1) is 18.0. The van der Waals surface area contributed by atoms with Crippen LogP contribution in [0.25, 0.3) is 11.3 Å². The molecule has 5 aromatic rings. The van der Waals surface area contributed by atoms with Crippen molar-refractivity contribution in [3.8, 4) is 11.4 Å². The number of tetrazole rings is 2. The third kappa shape index (κ3) is 4.41. The molecule has 0 unspecified atom stereocenters. The van der Waals surface area contributed by atoms with Crippen LogP contribution in [0.2, 0.25) is 0 Å². The molecule has 1 fully saturated rings. The van der Waals surface area contributed by atoms with Gasteiger partial charge < -0.3 is 9.14 Å². The Bertz CT molecular complexity index is 1610. The molecule has 0 N–H and O–H groups in total. The van der Waals surface area contributed by atoms with Crippen molar-refractivity contribution in [2.45, 2.75) is 38.1 Å². The lowest BCUT2D eigenvalue weighted by atomic mass is 10.0. The SMILES string of the molecule is COc1ccc(-n2cnnn2)c(CCC(=O)c2nnn(Cc3cn4cc(C5CC5)cc(F)c4n3)n2)c1F. The van der Waals surface area contributed by atoms with Gasteiger partial charge in [0.1, 0.15) is 12.9 Å². The Morgan fingerprint density at radius 1 is 1.19 bits per heavy atom. The van der Waals surface area contributed by atoms with E-state index in [2.05, 4.69) is 35.9 Å². The van der Waals surface area contributed by atoms with E-state index in [1.165, 1.54) is 35.0 Å². The molecule has 188 valence electrons. The van der Waals surface area contributed by atoms with Crippen molar-refractivity contribution in [1.82, 2.24) is 49.8 Å². The molecule has 0 saturated heterocycles. The van der Waals surface area contributed by atoms with Gasteiger partial charge in [0.05, 0.1) is 18.5 Å². The number of Topliss-reactive ketones (excluding diaryl/α,β-unsaturated/α-hetero) is 1. The Labute approximate surface area is 207 Å². The van der Waals surface area contributed by atoms with Gasteiger partial charge in [-0.2, -0.15) is 4.80 Å². The molecular weight excluding hydrogens is 486 g/mol. The number of ketones is 1. The lowest BCUT2D eigenvalue weighted by molar-refractivity contribution is 0.0972. The standard InChI is InChI=1S/C23H20F2N10O2/c1-37-20-7-5-18(34-12-26-30-32-34)16(21(20)25)4-6-19(36)22-28-31-35(29-22)11-15-10-33-9-14(13-2-3-13)8-17(24)23(33)27-15/h5,7-10,12-13H,2-4,6,11H2,1H3. The molecule has 1 aromatic carbocycles. The molecule has 0 aliphatic heterocycles. The molecule has 0 radical (unpaired) electrons. The van der Waals surface area contributed by atoms with E-state index in [1.54, 1.807) is 16.7 Å². The number of nitrogens with zero attached hydrogens (tertiary/aromatic N) is 10. The Kier molecular flexibility index (Phi) is 5.62. The Morgan fingerprint density at radius 3 is 2.81 bits per heavy atom. The summed E-state index contributed by atoms with van der Waals surface area (Å²) in [5, 5.41) is 22.9. The van der Waals surface area contributed by atoms with Crippen LogP contribution >= 0.6 is 0 Å². The minimum Gasteiger partial charge on any atom is -0.494 e. The summed E-state index contributed by atoms with van der Waals surface area (Å²) in [4.78, 5) is 18.3. The zero-order chi connectivity index (χ0) is 25.5. The molecule has 1 saturated carbocycles. The zero-order valence-electron chi connectivity index (χ0n) is 19.6. The predicted octanol–water partition coefficient (Wildman–Crippen LogP) is 2.32. The molecule has 4 aromatic heterocycles. The predicted molar refractivity (Wildman–Crippen MR) is 122 cm³/mol. The van der Waals surface area contributed by atoms with Crippen molar-refractivity contribution in [2.24, 2.45) is 0 Å². The summed E-state index contributed by atoms with van der Waals surface area (Å²) in [5.41, 5.74) is 2.29. The van der Waals surface area contributed by atoms with Gasteiger partial charge in [-0.15, -0.1) is 15.3 Å². The fourth-order valence-electron chi connectivity index (χ4n) is 4.23. The van der Waals surface area contributed by atoms with Gasteiger partial charge in [-0.1, -0.05) is 0 Å². The van der Waals surface area contributed by atoms with Gasteiger partial charge in [-0.25, -0.2) is 18.4 Å². The molecule has 12 nitrogen and oxygen atoms in total. The number of fused-ring (bicyclic) bond motifs is 1. The number of halogens is 2. The fourth-order valence-corrected chi connectivity index (χ4v) is 4.23. The summed E-state index contributed by atoms with van der Waals surface area (Å²) < 4.78 is 37.5. The molecule has 14 heteroatoms. The number of carbonyl (C=O) groups excluding carboxylic acids is 1. The van der Waals surface area contributed by atoms with Crippen molar-refractivity contribution in [1.29, 1.82) is 0 Å². The van der Waals surface area contributed by atoms with Gasteiger partial charge in [0.25, 0.3) is 0 Å². The molecule has 4 heterocycles. The highest BCUT2D eigenvalue weighted by Gasteiger charge is 2.25. The van der Waals surface area contributed by atoms with E-state index in [9.17, 15) is 9.18 Å². The maximum atomic E-state index is 15.0. The molecule has 37 heavy (non-hydrogen) atoms. The largest absolute Gasteiger partial charge is 0.494 e. The third-order valence-corrected chi connectivity index (χ3v) is 6.23. The lowest BCUT2D eigenvalue weighted by Gasteiger charge is -2.12. The van der Waals surface area contributed by atoms with Crippen LogP contribution in [0.1, 0.15) is 52.6 Å². The number of aromatic nitrogens is 10. The quantitative estimate of drug-likeness (QED) is 0.276. The van der Waals surface area contributed by atoms with Crippen molar-refractivity contribution >= 4 is 11.4 Å². The van der Waals surface area contributed by atoms with Crippen LogP contribution < -0.4 is 4.74 Å². The van der Waals surface area contributed by atoms with Crippen LogP contribution in [0, 0.1) is 11.6 Å². The summed E-state index contributed by atoms with van der Waals surface area (Å²) >= 11 is 0. The third-order valence-electron chi connectivity index (χ3n) is 6.23. The van der Waals surface area contributed by atoms with Crippen molar-refractivity contribution < 1.29 is 18.3 Å². The second-order valence-corrected chi connectivity index (χ2v) is 8.76. The van der Waals surface area contributed by atoms with E-state index in [0.717, 1.165) is 18.4 Å². The van der Waals surface area contributed by atoms with E-state index in [1.807, 2.05) is 6.20 Å². The molecule has 0 amide bonds. The molecule has 1 aliphatic carbocycles. The van der Waals surface area contributed by atoms with Crippen molar-refractivity contribution in [2.75, 3.05) is 7.11 Å². The van der Waals surface area contributed by atoms with Crippen LogP contribution in [-0.4, -0.2) is 62.7 Å². The smallest absolute Gasteiger partial charge is 0.240 e. The number of methoxy groups -OCH3 is 1. The first kappa shape index (κ1) is 22.8. The molecule has 0 atom stereocenters. The lowest BCUT2D eigenvalue weighted by Crippen LogP contribution is -2.10. The van der Waals surface area contributed by atoms with E-state index < -0.39 is 11.6 Å². The number of benzene rings is 1. The molecule has 0 spiro atoms. The highest BCUT2D eigenvalue weighted by atomic mass is 19.1. The first-order valence-corrected chi connectivity index (χ1v) is 11.6. The maximum Gasteiger partial charge on any atom is 0.240 e. The number of hydrogen-bond acceptors (Lipinski definition) is 9. The average molecular weight is 506 g/mol. The van der Waals surface area contributed by atoms with Crippen molar-refractivity contribution in [3.05, 3.63) is 71.2 Å². The van der Waals surface area contributed by atoms with Gasteiger partial charge in [-0.3, -0.25) is 4.79 Å². The maximum absolute atomic E-state index is 15.0. The molecule has 6 rings (SSSR count). The van der Waals surface area contributed by atoms with Crippen LogP contribution in [-0.2, 0) is 13.0 Å². The number of pyridine rings is 1. The topological polar surface area (TPSA) is 131 Å².